The van der Waals surface area contributed by atoms with Gasteiger partial charge in [0.05, 0.1) is 13.2 Å². The molecule has 190 valence electrons. The van der Waals surface area contributed by atoms with E-state index in [-0.39, 0.29) is 12.4 Å². The number of tetrazole rings is 1. The van der Waals surface area contributed by atoms with Crippen molar-refractivity contribution in [3.05, 3.63) is 5.82 Å². The lowest BCUT2D eigenvalue weighted by Gasteiger charge is -2.05. The van der Waals surface area contributed by atoms with E-state index in [2.05, 4.69) is 20.6 Å². The van der Waals surface area contributed by atoms with Crippen molar-refractivity contribution in [2.45, 2.75) is 116 Å². The summed E-state index contributed by atoms with van der Waals surface area (Å²) in [6.45, 7) is 3.13. The van der Waals surface area contributed by atoms with Gasteiger partial charge in [0, 0.05) is 25.9 Å². The van der Waals surface area contributed by atoms with Crippen LogP contribution in [0.5, 0.6) is 0 Å². The second-order valence-corrected chi connectivity index (χ2v) is 8.93. The SMILES string of the molecule is CC(=O)COCCOCCCC(=O)CCCCCCCCCCCCCCCc1nn[nH]n1. The van der Waals surface area contributed by atoms with Crippen LogP contribution in [0.4, 0.5) is 0 Å². The van der Waals surface area contributed by atoms with Crippen LogP contribution >= 0.6 is 0 Å². The number of unbranched alkanes of at least 4 members (excludes halogenated alkanes) is 12. The molecule has 1 heterocycles. The fourth-order valence-corrected chi connectivity index (χ4v) is 3.77. The molecule has 33 heavy (non-hydrogen) atoms. The van der Waals surface area contributed by atoms with Crippen molar-refractivity contribution in [2.75, 3.05) is 26.4 Å². The number of Topliss-reactive ketones (excluding diaryl/α,β-unsaturated/α-hetero) is 2. The van der Waals surface area contributed by atoms with Crippen LogP contribution < -0.4 is 0 Å². The Morgan fingerprint density at radius 2 is 1.24 bits per heavy atom. The molecule has 0 unspecified atom stereocenters. The van der Waals surface area contributed by atoms with E-state index in [1.165, 1.54) is 77.6 Å². The van der Waals surface area contributed by atoms with Gasteiger partial charge in [-0.25, -0.2) is 0 Å². The second kappa shape index (κ2) is 22.1. The Hall–Kier alpha value is -1.67. The van der Waals surface area contributed by atoms with Crippen LogP contribution in [0.2, 0.25) is 0 Å². The number of H-pyrrole nitrogens is 1. The number of ketones is 2. The summed E-state index contributed by atoms with van der Waals surface area (Å²) >= 11 is 0. The van der Waals surface area contributed by atoms with E-state index in [4.69, 9.17) is 9.47 Å². The zero-order valence-corrected chi connectivity index (χ0v) is 20.8. The third-order valence-corrected chi connectivity index (χ3v) is 5.67. The first-order chi connectivity index (χ1) is 16.2. The maximum atomic E-state index is 11.9. The number of hydrogen-bond donors (Lipinski definition) is 1. The minimum Gasteiger partial charge on any atom is -0.379 e. The highest BCUT2D eigenvalue weighted by Crippen LogP contribution is 2.13. The van der Waals surface area contributed by atoms with Crippen molar-refractivity contribution in [1.29, 1.82) is 0 Å². The number of ether oxygens (including phenoxy) is 2. The van der Waals surface area contributed by atoms with Crippen molar-refractivity contribution < 1.29 is 19.1 Å². The normalized spacial score (nSPS) is 11.2. The number of aromatic nitrogens is 4. The summed E-state index contributed by atoms with van der Waals surface area (Å²) in [4.78, 5) is 22.6. The fourth-order valence-electron chi connectivity index (χ4n) is 3.77. The highest BCUT2D eigenvalue weighted by atomic mass is 16.5. The van der Waals surface area contributed by atoms with Gasteiger partial charge < -0.3 is 9.47 Å². The quantitative estimate of drug-likeness (QED) is 0.198. The Kier molecular flexibility index (Phi) is 19.7. The van der Waals surface area contributed by atoms with Crippen LogP contribution in [-0.4, -0.2) is 58.6 Å². The van der Waals surface area contributed by atoms with Gasteiger partial charge in [0.15, 0.2) is 11.6 Å². The molecular formula is C25H46N4O4. The molecule has 0 aliphatic rings. The van der Waals surface area contributed by atoms with Gasteiger partial charge in [-0.2, -0.15) is 5.21 Å². The zero-order valence-electron chi connectivity index (χ0n) is 20.8. The topological polar surface area (TPSA) is 107 Å². The number of aromatic amines is 1. The van der Waals surface area contributed by atoms with Crippen molar-refractivity contribution in [1.82, 2.24) is 20.6 Å². The van der Waals surface area contributed by atoms with Gasteiger partial charge in [-0.3, -0.25) is 9.59 Å². The smallest absolute Gasteiger partial charge is 0.174 e. The molecule has 0 radical (unpaired) electrons. The van der Waals surface area contributed by atoms with Crippen LogP contribution in [0.3, 0.4) is 0 Å². The Balaban J connectivity index is 1.70. The van der Waals surface area contributed by atoms with Crippen LogP contribution in [0.15, 0.2) is 0 Å². The van der Waals surface area contributed by atoms with Gasteiger partial charge in [0.2, 0.25) is 0 Å². The van der Waals surface area contributed by atoms with E-state index in [0.717, 1.165) is 31.5 Å². The van der Waals surface area contributed by atoms with E-state index in [9.17, 15) is 9.59 Å². The van der Waals surface area contributed by atoms with Crippen LogP contribution in [-0.2, 0) is 25.5 Å². The van der Waals surface area contributed by atoms with E-state index in [1.807, 2.05) is 0 Å². The number of carbonyl (C=O) groups is 2. The Labute approximate surface area is 200 Å². The van der Waals surface area contributed by atoms with Gasteiger partial charge in [-0.05, 0) is 26.2 Å². The molecular weight excluding hydrogens is 420 g/mol. The standard InChI is InChI=1S/C25H46N4O4/c1-23(30)22-33-21-20-32-19-15-17-24(31)16-13-11-9-7-5-3-2-4-6-8-10-12-14-18-25-26-28-29-27-25/h2-22H2,1H3,(H,26,27,28,29). The molecule has 0 fully saturated rings. The predicted octanol–water partition coefficient (Wildman–Crippen LogP) is 5.18. The number of rotatable bonds is 25. The average Bonchev–Trinajstić information content (AvgIpc) is 3.31. The Bertz CT molecular complexity index is 581. The fraction of sp³-hybridized carbons (Fsp3) is 0.880. The molecule has 8 heteroatoms. The maximum Gasteiger partial charge on any atom is 0.174 e. The number of aryl methyl sites for hydroxylation is 1. The van der Waals surface area contributed by atoms with Crippen molar-refractivity contribution in [3.8, 4) is 0 Å². The minimum absolute atomic E-state index is 0.0210. The first-order valence-corrected chi connectivity index (χ1v) is 13.1. The lowest BCUT2D eigenvalue weighted by molar-refractivity contribution is -0.122. The highest BCUT2D eigenvalue weighted by molar-refractivity contribution is 5.78. The van der Waals surface area contributed by atoms with Gasteiger partial charge in [-0.15, -0.1) is 10.2 Å². The van der Waals surface area contributed by atoms with Crippen LogP contribution in [0.1, 0.15) is 115 Å². The van der Waals surface area contributed by atoms with Crippen molar-refractivity contribution in [3.63, 3.8) is 0 Å². The molecule has 0 spiro atoms. The van der Waals surface area contributed by atoms with E-state index in [0.29, 0.717) is 38.4 Å². The largest absolute Gasteiger partial charge is 0.379 e. The monoisotopic (exact) mass is 466 g/mol. The average molecular weight is 467 g/mol. The molecule has 1 aromatic heterocycles. The van der Waals surface area contributed by atoms with E-state index < -0.39 is 0 Å². The lowest BCUT2D eigenvalue weighted by atomic mass is 10.0. The number of nitrogens with one attached hydrogen (secondary N) is 1. The maximum absolute atomic E-state index is 11.9. The van der Waals surface area contributed by atoms with E-state index >= 15 is 0 Å². The van der Waals surface area contributed by atoms with Gasteiger partial charge in [0.1, 0.15) is 12.4 Å². The third-order valence-electron chi connectivity index (χ3n) is 5.67. The molecule has 0 saturated heterocycles. The summed E-state index contributed by atoms with van der Waals surface area (Å²) in [5.41, 5.74) is 0. The molecule has 1 N–H and O–H groups in total. The second-order valence-electron chi connectivity index (χ2n) is 8.93. The van der Waals surface area contributed by atoms with Gasteiger partial charge in [-0.1, -0.05) is 75.8 Å². The molecule has 0 aromatic carbocycles. The number of carbonyl (C=O) groups excluding carboxylic acids is 2. The highest BCUT2D eigenvalue weighted by Gasteiger charge is 2.02. The van der Waals surface area contributed by atoms with Crippen molar-refractivity contribution >= 4 is 11.6 Å². The van der Waals surface area contributed by atoms with Gasteiger partial charge >= 0.3 is 0 Å². The van der Waals surface area contributed by atoms with Crippen LogP contribution in [0.25, 0.3) is 0 Å². The first kappa shape index (κ1) is 29.4. The first-order valence-electron chi connectivity index (χ1n) is 13.1. The minimum atomic E-state index is 0.0210. The molecule has 1 rings (SSSR count). The van der Waals surface area contributed by atoms with E-state index in [1.54, 1.807) is 0 Å². The summed E-state index contributed by atoms with van der Waals surface area (Å²) < 4.78 is 10.5. The molecule has 8 nitrogen and oxygen atoms in total. The summed E-state index contributed by atoms with van der Waals surface area (Å²) in [5.74, 6) is 1.20. The molecule has 0 saturated carbocycles. The molecule has 0 atom stereocenters. The third kappa shape index (κ3) is 20.7. The molecule has 0 aliphatic heterocycles. The Morgan fingerprint density at radius 3 is 1.82 bits per heavy atom. The molecule has 0 bridgehead atoms. The Morgan fingerprint density at radius 1 is 0.697 bits per heavy atom. The number of hydrogen-bond acceptors (Lipinski definition) is 7. The predicted molar refractivity (Wildman–Crippen MR) is 129 cm³/mol. The molecule has 0 aliphatic carbocycles. The summed E-state index contributed by atoms with van der Waals surface area (Å²) in [5, 5.41) is 14.0. The summed E-state index contributed by atoms with van der Waals surface area (Å²) in [7, 11) is 0. The summed E-state index contributed by atoms with van der Waals surface area (Å²) in [6.07, 6.45) is 19.5. The molecule has 0 amide bonds. The van der Waals surface area contributed by atoms with Crippen LogP contribution in [0, 0.1) is 0 Å². The molecule has 1 aromatic rings. The zero-order chi connectivity index (χ0) is 23.8. The van der Waals surface area contributed by atoms with Gasteiger partial charge in [0.25, 0.3) is 0 Å². The van der Waals surface area contributed by atoms with Crippen molar-refractivity contribution in [2.24, 2.45) is 0 Å². The number of nitrogens with zero attached hydrogens (tertiary/aromatic N) is 3. The lowest BCUT2D eigenvalue weighted by Crippen LogP contribution is -2.10. The summed E-state index contributed by atoms with van der Waals surface area (Å²) in [6, 6.07) is 0.